The first-order valence-corrected chi connectivity index (χ1v) is 5.15. The Morgan fingerprint density at radius 3 is 2.25 bits per heavy atom. The summed E-state index contributed by atoms with van der Waals surface area (Å²) in [6, 6.07) is 0. The zero-order chi connectivity index (χ0) is 9.61. The van der Waals surface area contributed by atoms with Crippen molar-refractivity contribution in [2.45, 2.75) is 53.4 Å². The molecule has 0 aromatic heterocycles. The molecule has 0 aliphatic rings. The van der Waals surface area contributed by atoms with Crippen LogP contribution in [-0.2, 0) is 0 Å². The molecule has 0 radical (unpaired) electrons. The summed E-state index contributed by atoms with van der Waals surface area (Å²) in [5.41, 5.74) is 0.105. The summed E-state index contributed by atoms with van der Waals surface area (Å²) in [5.74, 6) is 0.633. The summed E-state index contributed by atoms with van der Waals surface area (Å²) in [7, 11) is 0. The lowest BCUT2D eigenvalue weighted by Crippen LogP contribution is -2.25. The highest BCUT2D eigenvalue weighted by Gasteiger charge is 2.23. The van der Waals surface area contributed by atoms with Gasteiger partial charge in [0.15, 0.2) is 0 Å². The molecule has 0 saturated heterocycles. The highest BCUT2D eigenvalue weighted by molar-refractivity contribution is 4.73. The summed E-state index contributed by atoms with van der Waals surface area (Å²) in [6.45, 7) is 9.06. The van der Waals surface area contributed by atoms with Gasteiger partial charge >= 0.3 is 0 Å². The molecule has 0 heterocycles. The lowest BCUT2D eigenvalue weighted by atomic mass is 9.78. The van der Waals surface area contributed by atoms with Crippen LogP contribution in [0, 0.1) is 11.3 Å². The molecule has 12 heavy (non-hydrogen) atoms. The fourth-order valence-electron chi connectivity index (χ4n) is 1.25. The van der Waals surface area contributed by atoms with Crippen LogP contribution in [0.15, 0.2) is 0 Å². The van der Waals surface area contributed by atoms with Crippen LogP contribution in [0.4, 0.5) is 0 Å². The molecule has 1 nitrogen and oxygen atoms in total. The van der Waals surface area contributed by atoms with Gasteiger partial charge in [0.2, 0.25) is 0 Å². The van der Waals surface area contributed by atoms with Crippen molar-refractivity contribution in [3.8, 4) is 0 Å². The zero-order valence-corrected chi connectivity index (χ0v) is 9.06. The summed E-state index contributed by atoms with van der Waals surface area (Å²) in [6.07, 6.45) is 5.17. The second-order valence-electron chi connectivity index (χ2n) is 4.54. The van der Waals surface area contributed by atoms with E-state index in [4.69, 9.17) is 5.11 Å². The van der Waals surface area contributed by atoms with Crippen molar-refractivity contribution in [3.63, 3.8) is 0 Å². The minimum atomic E-state index is 0.105. The van der Waals surface area contributed by atoms with Crippen molar-refractivity contribution in [3.05, 3.63) is 0 Å². The number of aliphatic hydroxyl groups is 1. The van der Waals surface area contributed by atoms with E-state index >= 15 is 0 Å². The van der Waals surface area contributed by atoms with Gasteiger partial charge in [0.1, 0.15) is 0 Å². The third kappa shape index (κ3) is 4.10. The van der Waals surface area contributed by atoms with E-state index in [1.807, 2.05) is 0 Å². The first-order valence-electron chi connectivity index (χ1n) is 5.15. The Morgan fingerprint density at radius 1 is 1.25 bits per heavy atom. The predicted molar refractivity (Wildman–Crippen MR) is 54.2 cm³/mol. The number of hydrogen-bond donors (Lipinski definition) is 1. The van der Waals surface area contributed by atoms with Crippen molar-refractivity contribution in [2.75, 3.05) is 6.61 Å². The molecule has 1 unspecified atom stereocenters. The van der Waals surface area contributed by atoms with Crippen LogP contribution in [0.2, 0.25) is 0 Å². The molecule has 0 aliphatic heterocycles. The van der Waals surface area contributed by atoms with Crippen LogP contribution in [-0.4, -0.2) is 11.7 Å². The SMILES string of the molecule is CCCCCC(C)C(C)(C)CO. The average Bonchev–Trinajstić information content (AvgIpc) is 2.05. The first kappa shape index (κ1) is 12.0. The molecule has 0 amide bonds. The van der Waals surface area contributed by atoms with E-state index in [1.54, 1.807) is 0 Å². The van der Waals surface area contributed by atoms with E-state index in [0.717, 1.165) is 0 Å². The van der Waals surface area contributed by atoms with Gasteiger partial charge in [-0.15, -0.1) is 0 Å². The van der Waals surface area contributed by atoms with Crippen LogP contribution in [0.1, 0.15) is 53.4 Å². The monoisotopic (exact) mass is 172 g/mol. The highest BCUT2D eigenvalue weighted by Crippen LogP contribution is 2.29. The van der Waals surface area contributed by atoms with Gasteiger partial charge in [0, 0.05) is 6.61 Å². The Bertz CT molecular complexity index is 108. The van der Waals surface area contributed by atoms with E-state index in [-0.39, 0.29) is 5.41 Å². The van der Waals surface area contributed by atoms with E-state index in [9.17, 15) is 0 Å². The molecule has 0 spiro atoms. The number of aliphatic hydroxyl groups excluding tert-OH is 1. The van der Waals surface area contributed by atoms with Crippen LogP contribution in [0.5, 0.6) is 0 Å². The maximum Gasteiger partial charge on any atom is 0.0484 e. The number of rotatable bonds is 6. The molecule has 0 fully saturated rings. The quantitative estimate of drug-likeness (QED) is 0.610. The van der Waals surface area contributed by atoms with Gasteiger partial charge in [-0.25, -0.2) is 0 Å². The molecule has 0 rings (SSSR count). The second-order valence-corrected chi connectivity index (χ2v) is 4.54. The van der Waals surface area contributed by atoms with Gasteiger partial charge < -0.3 is 5.11 Å². The van der Waals surface area contributed by atoms with E-state index in [2.05, 4.69) is 27.7 Å². The van der Waals surface area contributed by atoms with Gasteiger partial charge in [0.05, 0.1) is 0 Å². The van der Waals surface area contributed by atoms with Gasteiger partial charge in [-0.1, -0.05) is 53.4 Å². The predicted octanol–water partition coefficient (Wildman–Crippen LogP) is 3.22. The van der Waals surface area contributed by atoms with Gasteiger partial charge in [0.25, 0.3) is 0 Å². The average molecular weight is 172 g/mol. The second kappa shape index (κ2) is 5.58. The number of unbranched alkanes of at least 4 members (excludes halogenated alkanes) is 2. The van der Waals surface area contributed by atoms with Gasteiger partial charge in [-0.2, -0.15) is 0 Å². The minimum absolute atomic E-state index is 0.105. The smallest absolute Gasteiger partial charge is 0.0484 e. The van der Waals surface area contributed by atoms with Crippen LogP contribution in [0.25, 0.3) is 0 Å². The molecule has 0 aromatic carbocycles. The molecular formula is C11H24O. The molecule has 0 aromatic rings. The molecule has 1 heteroatoms. The molecular weight excluding hydrogens is 148 g/mol. The Hall–Kier alpha value is -0.0400. The third-order valence-electron chi connectivity index (χ3n) is 2.98. The van der Waals surface area contributed by atoms with Gasteiger partial charge in [-0.3, -0.25) is 0 Å². The molecule has 0 saturated carbocycles. The molecule has 1 N–H and O–H groups in total. The first-order chi connectivity index (χ1) is 5.54. The van der Waals surface area contributed by atoms with E-state index in [1.165, 1.54) is 25.7 Å². The maximum atomic E-state index is 9.12. The molecule has 0 aliphatic carbocycles. The summed E-state index contributed by atoms with van der Waals surface area (Å²) in [4.78, 5) is 0. The third-order valence-corrected chi connectivity index (χ3v) is 2.98. The lowest BCUT2D eigenvalue weighted by molar-refractivity contribution is 0.0986. The van der Waals surface area contributed by atoms with Crippen molar-refractivity contribution < 1.29 is 5.11 Å². The Kier molecular flexibility index (Phi) is 5.56. The summed E-state index contributed by atoms with van der Waals surface area (Å²) >= 11 is 0. The van der Waals surface area contributed by atoms with Crippen LogP contribution >= 0.6 is 0 Å². The maximum absolute atomic E-state index is 9.12. The van der Waals surface area contributed by atoms with Crippen molar-refractivity contribution >= 4 is 0 Å². The molecule has 0 bridgehead atoms. The van der Waals surface area contributed by atoms with Crippen molar-refractivity contribution in [2.24, 2.45) is 11.3 Å². The minimum Gasteiger partial charge on any atom is -0.396 e. The Labute approximate surface area is 77.2 Å². The largest absolute Gasteiger partial charge is 0.396 e. The summed E-state index contributed by atoms with van der Waals surface area (Å²) < 4.78 is 0. The van der Waals surface area contributed by atoms with E-state index in [0.29, 0.717) is 12.5 Å². The molecule has 74 valence electrons. The normalized spacial score (nSPS) is 14.8. The lowest BCUT2D eigenvalue weighted by Gasteiger charge is -2.29. The zero-order valence-electron chi connectivity index (χ0n) is 9.06. The standard InChI is InChI=1S/C11H24O/c1-5-6-7-8-10(2)11(3,4)9-12/h10,12H,5-9H2,1-4H3. The highest BCUT2D eigenvalue weighted by atomic mass is 16.3. The van der Waals surface area contributed by atoms with Gasteiger partial charge in [-0.05, 0) is 11.3 Å². The van der Waals surface area contributed by atoms with E-state index < -0.39 is 0 Å². The Balaban J connectivity index is 3.63. The topological polar surface area (TPSA) is 20.2 Å². The van der Waals surface area contributed by atoms with Crippen molar-refractivity contribution in [1.82, 2.24) is 0 Å². The fourth-order valence-corrected chi connectivity index (χ4v) is 1.25. The summed E-state index contributed by atoms with van der Waals surface area (Å²) in [5, 5.41) is 9.12. The Morgan fingerprint density at radius 2 is 1.83 bits per heavy atom. The van der Waals surface area contributed by atoms with Crippen molar-refractivity contribution in [1.29, 1.82) is 0 Å². The van der Waals surface area contributed by atoms with Crippen LogP contribution in [0.3, 0.4) is 0 Å². The molecule has 1 atom stereocenters. The van der Waals surface area contributed by atoms with Crippen LogP contribution < -0.4 is 0 Å². The fraction of sp³-hybridized carbons (Fsp3) is 1.00. The number of hydrogen-bond acceptors (Lipinski definition) is 1.